The summed E-state index contributed by atoms with van der Waals surface area (Å²) in [5, 5.41) is 5.12. The van der Waals surface area contributed by atoms with Crippen LogP contribution in [0, 0.1) is 5.92 Å². The monoisotopic (exact) mass is 249 g/mol. The molecule has 0 aromatic heterocycles. The zero-order valence-corrected chi connectivity index (χ0v) is 11.4. The molecule has 0 bridgehead atoms. The summed E-state index contributed by atoms with van der Waals surface area (Å²) < 4.78 is 0. The van der Waals surface area contributed by atoms with Crippen LogP contribution in [0.5, 0.6) is 0 Å². The van der Waals surface area contributed by atoms with Gasteiger partial charge in [0.15, 0.2) is 0 Å². The Balaban J connectivity index is 2.19. The van der Waals surface area contributed by atoms with Crippen LogP contribution in [0.25, 0.3) is 21.5 Å². The molecule has 0 aliphatic carbocycles. The van der Waals surface area contributed by atoms with Gasteiger partial charge < -0.3 is 5.73 Å². The van der Waals surface area contributed by atoms with Gasteiger partial charge in [-0.15, -0.1) is 0 Å². The number of hydrogen-bond donors (Lipinski definition) is 1. The van der Waals surface area contributed by atoms with Crippen LogP contribution >= 0.6 is 0 Å². The normalized spacial score (nSPS) is 13.3. The molecule has 1 nitrogen and oxygen atoms in total. The van der Waals surface area contributed by atoms with Crippen molar-refractivity contribution >= 4 is 21.5 Å². The minimum atomic E-state index is 0.107. The van der Waals surface area contributed by atoms with E-state index in [0.717, 1.165) is 0 Å². The van der Waals surface area contributed by atoms with E-state index in [9.17, 15) is 0 Å². The zero-order valence-electron chi connectivity index (χ0n) is 11.4. The summed E-state index contributed by atoms with van der Waals surface area (Å²) in [5.41, 5.74) is 7.46. The van der Waals surface area contributed by atoms with Crippen LogP contribution in [0.3, 0.4) is 0 Å². The van der Waals surface area contributed by atoms with Crippen molar-refractivity contribution in [3.05, 3.63) is 60.2 Å². The number of hydrogen-bond acceptors (Lipinski definition) is 1. The second-order valence-electron chi connectivity index (χ2n) is 5.58. The highest BCUT2D eigenvalue weighted by atomic mass is 14.6. The Hall–Kier alpha value is -1.86. The summed E-state index contributed by atoms with van der Waals surface area (Å²) in [5.74, 6) is 0.456. The average Bonchev–Trinajstić information content (AvgIpc) is 2.43. The van der Waals surface area contributed by atoms with Gasteiger partial charge >= 0.3 is 0 Å². The minimum Gasteiger partial charge on any atom is -0.324 e. The third-order valence-corrected chi connectivity index (χ3v) is 3.83. The minimum absolute atomic E-state index is 0.107. The Bertz CT molecular complexity index is 728. The fourth-order valence-electron chi connectivity index (χ4n) is 2.55. The van der Waals surface area contributed by atoms with Crippen molar-refractivity contribution in [3.63, 3.8) is 0 Å². The van der Waals surface area contributed by atoms with E-state index < -0.39 is 0 Å². The van der Waals surface area contributed by atoms with E-state index >= 15 is 0 Å². The van der Waals surface area contributed by atoms with Crippen LogP contribution in [0.15, 0.2) is 54.6 Å². The predicted octanol–water partition coefficient (Wildman–Crippen LogP) is 4.65. The van der Waals surface area contributed by atoms with E-state index in [1.54, 1.807) is 0 Å². The standard InChI is InChI=1S/C18H19N/c1-12(2)18(19)16-8-7-15-9-13-5-3-4-6-14(13)10-17(15)11-16/h3-12,18H,19H2,1-2H3/t18-/m0/s1. The van der Waals surface area contributed by atoms with E-state index in [0.29, 0.717) is 5.92 Å². The molecule has 0 saturated carbocycles. The van der Waals surface area contributed by atoms with Crippen molar-refractivity contribution < 1.29 is 0 Å². The predicted molar refractivity (Wildman–Crippen MR) is 83.2 cm³/mol. The van der Waals surface area contributed by atoms with E-state index in [4.69, 9.17) is 5.73 Å². The van der Waals surface area contributed by atoms with E-state index in [1.807, 2.05) is 0 Å². The van der Waals surface area contributed by atoms with Crippen molar-refractivity contribution in [2.24, 2.45) is 11.7 Å². The molecule has 0 spiro atoms. The first kappa shape index (κ1) is 12.2. The van der Waals surface area contributed by atoms with E-state index in [2.05, 4.69) is 68.4 Å². The van der Waals surface area contributed by atoms with Crippen molar-refractivity contribution in [1.82, 2.24) is 0 Å². The van der Waals surface area contributed by atoms with Gasteiger partial charge in [-0.25, -0.2) is 0 Å². The molecule has 0 radical (unpaired) electrons. The van der Waals surface area contributed by atoms with Crippen LogP contribution in [0.1, 0.15) is 25.5 Å². The Morgan fingerprint density at radius 1 is 0.737 bits per heavy atom. The third-order valence-electron chi connectivity index (χ3n) is 3.83. The lowest BCUT2D eigenvalue weighted by Gasteiger charge is -2.16. The van der Waals surface area contributed by atoms with Gasteiger partial charge in [-0.05, 0) is 51.2 Å². The van der Waals surface area contributed by atoms with Crippen LogP contribution in [-0.4, -0.2) is 0 Å². The molecule has 0 aliphatic rings. The van der Waals surface area contributed by atoms with Gasteiger partial charge in [-0.3, -0.25) is 0 Å². The van der Waals surface area contributed by atoms with Crippen LogP contribution < -0.4 is 5.73 Å². The molecule has 3 aromatic carbocycles. The lowest BCUT2D eigenvalue weighted by atomic mass is 9.94. The smallest absolute Gasteiger partial charge is 0.0318 e. The Morgan fingerprint density at radius 3 is 1.95 bits per heavy atom. The molecule has 3 rings (SSSR count). The SMILES string of the molecule is CC(C)[C@H](N)c1ccc2cc3ccccc3cc2c1. The quantitative estimate of drug-likeness (QED) is 0.657. The summed E-state index contributed by atoms with van der Waals surface area (Å²) in [6, 6.07) is 19.6. The van der Waals surface area contributed by atoms with E-state index in [1.165, 1.54) is 27.1 Å². The van der Waals surface area contributed by atoms with Crippen LogP contribution in [0.4, 0.5) is 0 Å². The van der Waals surface area contributed by atoms with Gasteiger partial charge in [0.05, 0.1) is 0 Å². The summed E-state index contributed by atoms with van der Waals surface area (Å²) >= 11 is 0. The van der Waals surface area contributed by atoms with Gasteiger partial charge in [0, 0.05) is 6.04 Å². The average molecular weight is 249 g/mol. The Morgan fingerprint density at radius 2 is 1.32 bits per heavy atom. The second kappa shape index (κ2) is 4.67. The van der Waals surface area contributed by atoms with Crippen LogP contribution in [-0.2, 0) is 0 Å². The Kier molecular flexibility index (Phi) is 3.00. The maximum atomic E-state index is 6.24. The maximum absolute atomic E-state index is 6.24. The number of fused-ring (bicyclic) bond motifs is 2. The van der Waals surface area contributed by atoms with Crippen molar-refractivity contribution in [2.45, 2.75) is 19.9 Å². The fourth-order valence-corrected chi connectivity index (χ4v) is 2.55. The molecule has 0 unspecified atom stereocenters. The molecule has 0 saturated heterocycles. The molecule has 1 atom stereocenters. The highest BCUT2D eigenvalue weighted by molar-refractivity contribution is 5.98. The Labute approximate surface area is 114 Å². The van der Waals surface area contributed by atoms with Crippen LogP contribution in [0.2, 0.25) is 0 Å². The highest BCUT2D eigenvalue weighted by Crippen LogP contribution is 2.27. The van der Waals surface area contributed by atoms with E-state index in [-0.39, 0.29) is 6.04 Å². The molecule has 3 aromatic rings. The molecule has 1 heteroatoms. The number of benzene rings is 3. The first-order valence-corrected chi connectivity index (χ1v) is 6.83. The topological polar surface area (TPSA) is 26.0 Å². The largest absolute Gasteiger partial charge is 0.324 e. The molecule has 96 valence electrons. The number of rotatable bonds is 2. The lowest BCUT2D eigenvalue weighted by molar-refractivity contribution is 0.515. The van der Waals surface area contributed by atoms with Crippen molar-refractivity contribution in [1.29, 1.82) is 0 Å². The van der Waals surface area contributed by atoms with Crippen molar-refractivity contribution in [2.75, 3.05) is 0 Å². The first-order valence-electron chi connectivity index (χ1n) is 6.83. The highest BCUT2D eigenvalue weighted by Gasteiger charge is 2.10. The van der Waals surface area contributed by atoms with Crippen molar-refractivity contribution in [3.8, 4) is 0 Å². The third kappa shape index (κ3) is 2.22. The van der Waals surface area contributed by atoms with Gasteiger partial charge in [0.25, 0.3) is 0 Å². The fraction of sp³-hybridized carbons (Fsp3) is 0.222. The second-order valence-corrected chi connectivity index (χ2v) is 5.58. The molecular weight excluding hydrogens is 230 g/mol. The molecule has 0 fully saturated rings. The lowest BCUT2D eigenvalue weighted by Crippen LogP contribution is -2.16. The van der Waals surface area contributed by atoms with Gasteiger partial charge in [0.2, 0.25) is 0 Å². The summed E-state index contributed by atoms with van der Waals surface area (Å²) in [4.78, 5) is 0. The number of nitrogens with two attached hydrogens (primary N) is 1. The zero-order chi connectivity index (χ0) is 13.4. The first-order chi connectivity index (χ1) is 9.15. The van der Waals surface area contributed by atoms with Gasteiger partial charge in [-0.2, -0.15) is 0 Å². The molecule has 0 aliphatic heterocycles. The van der Waals surface area contributed by atoms with Gasteiger partial charge in [0.1, 0.15) is 0 Å². The summed E-state index contributed by atoms with van der Waals surface area (Å²) in [7, 11) is 0. The summed E-state index contributed by atoms with van der Waals surface area (Å²) in [6.07, 6.45) is 0. The summed E-state index contributed by atoms with van der Waals surface area (Å²) in [6.45, 7) is 4.32. The molecule has 0 amide bonds. The maximum Gasteiger partial charge on any atom is 0.0318 e. The van der Waals surface area contributed by atoms with Gasteiger partial charge in [-0.1, -0.05) is 50.2 Å². The molecule has 0 heterocycles. The molecule has 19 heavy (non-hydrogen) atoms. The molecular formula is C18H19N. The molecule has 2 N–H and O–H groups in total.